The normalized spacial score (nSPS) is 14.9. The average Bonchev–Trinajstić information content (AvgIpc) is 3.00. The third-order valence-corrected chi connectivity index (χ3v) is 5.11. The van der Waals surface area contributed by atoms with Crippen LogP contribution in [-0.2, 0) is 14.3 Å². The minimum atomic E-state index is -2.05. The molecule has 27 heavy (non-hydrogen) atoms. The molecule has 0 aromatic heterocycles. The van der Waals surface area contributed by atoms with Crippen LogP contribution in [0, 0.1) is 0 Å². The summed E-state index contributed by atoms with van der Waals surface area (Å²) in [5, 5.41) is 9.45. The van der Waals surface area contributed by atoms with Crippen LogP contribution in [0.3, 0.4) is 0 Å². The summed E-state index contributed by atoms with van der Waals surface area (Å²) in [6, 6.07) is 15.9. The predicted molar refractivity (Wildman–Crippen MR) is 102 cm³/mol. The number of aliphatic carboxylic acids is 1. The molecular formula is C21H24N2O4. The highest BCUT2D eigenvalue weighted by Gasteiger charge is 2.44. The van der Waals surface area contributed by atoms with E-state index in [0.717, 1.165) is 22.3 Å². The molecule has 2 aromatic carbocycles. The number of carbonyl (C=O) groups is 2. The minimum absolute atomic E-state index is 0.00376. The van der Waals surface area contributed by atoms with Crippen LogP contribution in [0.5, 0.6) is 0 Å². The Labute approximate surface area is 158 Å². The fraction of sp³-hybridized carbons (Fsp3) is 0.333. The molecule has 142 valence electrons. The van der Waals surface area contributed by atoms with Gasteiger partial charge in [0.05, 0.1) is 0 Å². The van der Waals surface area contributed by atoms with Gasteiger partial charge in [-0.15, -0.1) is 0 Å². The fourth-order valence-corrected chi connectivity index (χ4v) is 3.57. The standard InChI is InChI=1S/C21H24N2O4/c22-12-6-5-11-21(23,19(24)25)20(26)27-13-18-16-9-3-1-7-14(16)15-8-2-4-10-17(15)18/h1-4,7-10,18H,5-6,11-13,22-23H2,(H,24,25)/t21-/m0/s1. The Morgan fingerprint density at radius 2 is 1.56 bits per heavy atom. The molecule has 0 amide bonds. The smallest absolute Gasteiger partial charge is 0.337 e. The van der Waals surface area contributed by atoms with E-state index in [-0.39, 0.29) is 18.9 Å². The number of esters is 1. The molecule has 0 unspecified atom stereocenters. The van der Waals surface area contributed by atoms with Crippen molar-refractivity contribution in [1.82, 2.24) is 0 Å². The van der Waals surface area contributed by atoms with Gasteiger partial charge in [0.25, 0.3) is 0 Å². The number of ether oxygens (including phenoxy) is 1. The van der Waals surface area contributed by atoms with Gasteiger partial charge >= 0.3 is 11.9 Å². The second kappa shape index (κ2) is 7.90. The quantitative estimate of drug-likeness (QED) is 0.374. The molecule has 6 heteroatoms. The SMILES string of the molecule is NCCCC[C@](N)(C(=O)O)C(=O)OCC1c2ccccc2-c2ccccc21. The van der Waals surface area contributed by atoms with Crippen LogP contribution in [0.2, 0.25) is 0 Å². The van der Waals surface area contributed by atoms with E-state index in [1.54, 1.807) is 0 Å². The first-order chi connectivity index (χ1) is 13.0. The third-order valence-electron chi connectivity index (χ3n) is 5.11. The van der Waals surface area contributed by atoms with E-state index in [4.69, 9.17) is 16.2 Å². The second-order valence-electron chi connectivity index (χ2n) is 6.85. The van der Waals surface area contributed by atoms with Crippen LogP contribution >= 0.6 is 0 Å². The van der Waals surface area contributed by atoms with Crippen molar-refractivity contribution in [3.05, 3.63) is 59.7 Å². The Balaban J connectivity index is 1.78. The van der Waals surface area contributed by atoms with Crippen molar-refractivity contribution < 1.29 is 19.4 Å². The lowest BCUT2D eigenvalue weighted by atomic mass is 9.93. The van der Waals surface area contributed by atoms with Crippen molar-refractivity contribution in [2.45, 2.75) is 30.7 Å². The second-order valence-corrected chi connectivity index (χ2v) is 6.85. The van der Waals surface area contributed by atoms with E-state index in [1.165, 1.54) is 0 Å². The maximum atomic E-state index is 12.5. The van der Waals surface area contributed by atoms with E-state index in [2.05, 4.69) is 0 Å². The van der Waals surface area contributed by atoms with Gasteiger partial charge in [-0.05, 0) is 48.1 Å². The summed E-state index contributed by atoms with van der Waals surface area (Å²) >= 11 is 0. The van der Waals surface area contributed by atoms with Gasteiger partial charge in [-0.2, -0.15) is 0 Å². The van der Waals surface area contributed by atoms with Gasteiger partial charge in [-0.3, -0.25) is 0 Å². The first-order valence-corrected chi connectivity index (χ1v) is 9.07. The molecule has 1 aliphatic rings. The van der Waals surface area contributed by atoms with Crippen molar-refractivity contribution in [3.8, 4) is 11.1 Å². The Morgan fingerprint density at radius 1 is 1.00 bits per heavy atom. The van der Waals surface area contributed by atoms with E-state index >= 15 is 0 Å². The predicted octanol–water partition coefficient (Wildman–Crippen LogP) is 2.25. The highest BCUT2D eigenvalue weighted by atomic mass is 16.5. The zero-order chi connectivity index (χ0) is 19.4. The molecule has 1 aliphatic carbocycles. The summed E-state index contributed by atoms with van der Waals surface area (Å²) in [6.45, 7) is 0.469. The summed E-state index contributed by atoms with van der Waals surface area (Å²) in [6.07, 6.45) is 1.04. The number of hydrogen-bond donors (Lipinski definition) is 3. The molecule has 0 heterocycles. The number of carbonyl (C=O) groups excluding carboxylic acids is 1. The number of fused-ring (bicyclic) bond motifs is 3. The van der Waals surface area contributed by atoms with Gasteiger partial charge in [-0.1, -0.05) is 48.5 Å². The van der Waals surface area contributed by atoms with Gasteiger partial charge in [0, 0.05) is 5.92 Å². The van der Waals surface area contributed by atoms with Crippen molar-refractivity contribution in [3.63, 3.8) is 0 Å². The van der Waals surface area contributed by atoms with Gasteiger partial charge in [0.15, 0.2) is 0 Å². The first kappa shape index (κ1) is 19.1. The van der Waals surface area contributed by atoms with Gasteiger partial charge < -0.3 is 21.3 Å². The number of carboxylic acid groups (broad SMARTS) is 1. The van der Waals surface area contributed by atoms with Crippen molar-refractivity contribution in [1.29, 1.82) is 0 Å². The summed E-state index contributed by atoms with van der Waals surface area (Å²) < 4.78 is 5.42. The van der Waals surface area contributed by atoms with E-state index in [1.807, 2.05) is 48.5 Å². The van der Waals surface area contributed by atoms with Crippen LogP contribution in [-0.4, -0.2) is 35.7 Å². The summed E-state index contributed by atoms with van der Waals surface area (Å²) in [4.78, 5) is 24.1. The fourth-order valence-electron chi connectivity index (χ4n) is 3.57. The Hall–Kier alpha value is -2.70. The first-order valence-electron chi connectivity index (χ1n) is 9.07. The molecule has 0 bridgehead atoms. The highest BCUT2D eigenvalue weighted by Crippen LogP contribution is 2.44. The number of benzene rings is 2. The molecule has 1 atom stereocenters. The molecule has 3 rings (SSSR count). The maximum Gasteiger partial charge on any atom is 0.337 e. The number of rotatable bonds is 8. The molecule has 0 fully saturated rings. The zero-order valence-corrected chi connectivity index (χ0v) is 15.1. The van der Waals surface area contributed by atoms with Gasteiger partial charge in [-0.25, -0.2) is 9.59 Å². The van der Waals surface area contributed by atoms with E-state index < -0.39 is 17.5 Å². The van der Waals surface area contributed by atoms with Crippen molar-refractivity contribution in [2.75, 3.05) is 13.2 Å². The largest absolute Gasteiger partial charge is 0.479 e. The van der Waals surface area contributed by atoms with Crippen LogP contribution in [0.4, 0.5) is 0 Å². The van der Waals surface area contributed by atoms with Gasteiger partial charge in [0.2, 0.25) is 5.54 Å². The lowest BCUT2D eigenvalue weighted by Crippen LogP contribution is -2.56. The Bertz CT molecular complexity index is 806. The van der Waals surface area contributed by atoms with Crippen LogP contribution < -0.4 is 11.5 Å². The zero-order valence-electron chi connectivity index (χ0n) is 15.1. The number of unbranched alkanes of at least 4 members (excludes halogenated alkanes) is 1. The van der Waals surface area contributed by atoms with Crippen LogP contribution in [0.1, 0.15) is 36.3 Å². The molecule has 0 spiro atoms. The summed E-state index contributed by atoms with van der Waals surface area (Å²) in [5.41, 5.74) is 13.6. The Morgan fingerprint density at radius 3 is 2.07 bits per heavy atom. The molecule has 0 aliphatic heterocycles. The van der Waals surface area contributed by atoms with Crippen molar-refractivity contribution in [2.24, 2.45) is 11.5 Å². The monoisotopic (exact) mass is 368 g/mol. The number of carboxylic acids is 1. The lowest BCUT2D eigenvalue weighted by molar-refractivity contribution is -0.161. The summed E-state index contributed by atoms with van der Waals surface area (Å²) in [7, 11) is 0. The molecule has 0 saturated carbocycles. The van der Waals surface area contributed by atoms with E-state index in [0.29, 0.717) is 19.4 Å². The number of hydrogen-bond acceptors (Lipinski definition) is 5. The third kappa shape index (κ3) is 3.59. The van der Waals surface area contributed by atoms with Crippen LogP contribution in [0.25, 0.3) is 11.1 Å². The van der Waals surface area contributed by atoms with Gasteiger partial charge in [0.1, 0.15) is 6.61 Å². The summed E-state index contributed by atoms with van der Waals surface area (Å²) in [5.74, 6) is -2.42. The molecule has 6 nitrogen and oxygen atoms in total. The topological polar surface area (TPSA) is 116 Å². The minimum Gasteiger partial charge on any atom is -0.479 e. The highest BCUT2D eigenvalue weighted by molar-refractivity contribution is 6.03. The van der Waals surface area contributed by atoms with Crippen molar-refractivity contribution >= 4 is 11.9 Å². The number of nitrogens with two attached hydrogens (primary N) is 2. The molecule has 2 aromatic rings. The molecule has 0 saturated heterocycles. The maximum absolute atomic E-state index is 12.5. The molecule has 5 N–H and O–H groups in total. The van der Waals surface area contributed by atoms with E-state index in [9.17, 15) is 14.7 Å². The Kier molecular flexibility index (Phi) is 5.58. The van der Waals surface area contributed by atoms with Crippen LogP contribution in [0.15, 0.2) is 48.5 Å². The lowest BCUT2D eigenvalue weighted by Gasteiger charge is -2.24. The molecule has 0 radical (unpaired) electrons. The molecular weight excluding hydrogens is 344 g/mol. The average molecular weight is 368 g/mol.